The van der Waals surface area contributed by atoms with Crippen molar-refractivity contribution < 1.29 is 4.79 Å². The van der Waals surface area contributed by atoms with Gasteiger partial charge in [-0.2, -0.15) is 0 Å². The van der Waals surface area contributed by atoms with E-state index in [4.69, 9.17) is 11.6 Å². The number of benzene rings is 2. The van der Waals surface area contributed by atoms with Crippen molar-refractivity contribution in [3.63, 3.8) is 0 Å². The summed E-state index contributed by atoms with van der Waals surface area (Å²) in [5.41, 5.74) is 3.26. The number of imidazole rings is 1. The van der Waals surface area contributed by atoms with Gasteiger partial charge in [0.25, 0.3) is 11.5 Å². The van der Waals surface area contributed by atoms with Crippen LogP contribution < -0.4 is 16.2 Å². The fourth-order valence-corrected chi connectivity index (χ4v) is 2.96. The highest BCUT2D eigenvalue weighted by atomic mass is 35.5. The van der Waals surface area contributed by atoms with E-state index in [9.17, 15) is 9.59 Å². The van der Waals surface area contributed by atoms with Crippen LogP contribution in [0.15, 0.2) is 65.8 Å². The van der Waals surface area contributed by atoms with Crippen LogP contribution in [0.4, 0.5) is 17.3 Å². The highest BCUT2D eigenvalue weighted by Gasteiger charge is 2.12. The van der Waals surface area contributed by atoms with Crippen LogP contribution in [0.3, 0.4) is 0 Å². The molecular formula is C21H17ClN6O2. The number of amides is 1. The largest absolute Gasteiger partial charge is 0.341 e. The molecule has 0 atom stereocenters. The molecule has 0 unspecified atom stereocenters. The number of hydrogen-bond donors (Lipinski definition) is 4. The molecule has 0 fully saturated rings. The predicted octanol–water partition coefficient (Wildman–Crippen LogP) is 4.12. The average Bonchev–Trinajstić information content (AvgIpc) is 3.28. The van der Waals surface area contributed by atoms with Gasteiger partial charge in [0.1, 0.15) is 5.69 Å². The molecule has 0 aliphatic rings. The lowest BCUT2D eigenvalue weighted by atomic mass is 10.1. The summed E-state index contributed by atoms with van der Waals surface area (Å²) in [6.07, 6.45) is 2.89. The van der Waals surface area contributed by atoms with Gasteiger partial charge in [-0.3, -0.25) is 14.6 Å². The van der Waals surface area contributed by atoms with Gasteiger partial charge in [0.15, 0.2) is 0 Å². The third kappa shape index (κ3) is 4.23. The summed E-state index contributed by atoms with van der Waals surface area (Å²) in [5, 5.41) is 6.46. The summed E-state index contributed by atoms with van der Waals surface area (Å²) in [4.78, 5) is 38.4. The fourth-order valence-electron chi connectivity index (χ4n) is 2.83. The molecule has 30 heavy (non-hydrogen) atoms. The fraction of sp³-hybridized carbons (Fsp3) is 0.0476. The van der Waals surface area contributed by atoms with Crippen molar-refractivity contribution in [2.45, 2.75) is 6.92 Å². The Morgan fingerprint density at radius 1 is 1.03 bits per heavy atom. The Labute approximate surface area is 176 Å². The molecule has 4 aromatic rings. The summed E-state index contributed by atoms with van der Waals surface area (Å²) in [5.74, 6) is 0.0275. The summed E-state index contributed by atoms with van der Waals surface area (Å²) >= 11 is 5.91. The van der Waals surface area contributed by atoms with Gasteiger partial charge in [-0.1, -0.05) is 23.7 Å². The van der Waals surface area contributed by atoms with E-state index >= 15 is 0 Å². The number of aromatic nitrogens is 4. The number of hydrogen-bond acceptors (Lipinski definition) is 5. The minimum Gasteiger partial charge on any atom is -0.341 e. The van der Waals surface area contributed by atoms with Crippen LogP contribution in [0.25, 0.3) is 11.3 Å². The van der Waals surface area contributed by atoms with E-state index in [-0.39, 0.29) is 11.5 Å². The summed E-state index contributed by atoms with van der Waals surface area (Å²) in [6, 6.07) is 14.2. The van der Waals surface area contributed by atoms with E-state index in [1.807, 2.05) is 0 Å². The molecule has 0 aliphatic carbocycles. The third-order valence-corrected chi connectivity index (χ3v) is 4.67. The minimum absolute atomic E-state index is 0.243. The lowest BCUT2D eigenvalue weighted by molar-refractivity contribution is 0.102. The number of rotatable bonds is 5. The van der Waals surface area contributed by atoms with Crippen molar-refractivity contribution >= 4 is 34.8 Å². The molecule has 2 heterocycles. The number of carbonyl (C=O) groups is 1. The summed E-state index contributed by atoms with van der Waals surface area (Å²) in [6.45, 7) is 1.71. The lowest BCUT2D eigenvalue weighted by Gasteiger charge is -2.11. The summed E-state index contributed by atoms with van der Waals surface area (Å²) < 4.78 is 0. The first-order valence-electron chi connectivity index (χ1n) is 9.03. The van der Waals surface area contributed by atoms with Gasteiger partial charge in [-0.05, 0) is 43.3 Å². The molecule has 9 heteroatoms. The lowest BCUT2D eigenvalue weighted by Crippen LogP contribution is -2.15. The number of H-pyrrole nitrogens is 2. The SMILES string of the molecule is Cc1c(-c2ccc(NC(=O)c3cnc[nH]3)cc2)nc(Nc2ccc(Cl)cc2)[nH]c1=O. The van der Waals surface area contributed by atoms with Gasteiger partial charge in [0.2, 0.25) is 5.95 Å². The molecule has 0 radical (unpaired) electrons. The molecule has 0 saturated carbocycles. The number of nitrogens with one attached hydrogen (secondary N) is 4. The Kier molecular flexibility index (Phi) is 5.32. The number of carbonyl (C=O) groups excluding carboxylic acids is 1. The van der Waals surface area contributed by atoms with Crippen LogP contribution in [0.2, 0.25) is 5.02 Å². The number of anilines is 3. The van der Waals surface area contributed by atoms with Gasteiger partial charge in [0, 0.05) is 27.5 Å². The Balaban J connectivity index is 1.58. The summed E-state index contributed by atoms with van der Waals surface area (Å²) in [7, 11) is 0. The van der Waals surface area contributed by atoms with Crippen LogP contribution in [0, 0.1) is 6.92 Å². The Bertz CT molecular complexity index is 1230. The van der Waals surface area contributed by atoms with Crippen molar-refractivity contribution in [2.75, 3.05) is 10.6 Å². The van der Waals surface area contributed by atoms with Gasteiger partial charge < -0.3 is 15.6 Å². The van der Waals surface area contributed by atoms with E-state index in [1.165, 1.54) is 12.5 Å². The molecule has 0 spiro atoms. The van der Waals surface area contributed by atoms with Gasteiger partial charge in [0.05, 0.1) is 18.2 Å². The number of aromatic amines is 2. The Hall–Kier alpha value is -3.91. The van der Waals surface area contributed by atoms with Crippen LogP contribution >= 0.6 is 11.6 Å². The van der Waals surface area contributed by atoms with Crippen LogP contribution in [-0.4, -0.2) is 25.8 Å². The molecule has 8 nitrogen and oxygen atoms in total. The smallest absolute Gasteiger partial charge is 0.273 e. The minimum atomic E-state index is -0.292. The molecule has 0 aliphatic heterocycles. The molecule has 2 aromatic carbocycles. The molecule has 4 rings (SSSR count). The maximum absolute atomic E-state index is 12.4. The maximum Gasteiger partial charge on any atom is 0.273 e. The second-order valence-electron chi connectivity index (χ2n) is 6.52. The van der Waals surface area contributed by atoms with Gasteiger partial charge in [-0.25, -0.2) is 9.97 Å². The van der Waals surface area contributed by atoms with E-state index < -0.39 is 0 Å². The maximum atomic E-state index is 12.4. The van der Waals surface area contributed by atoms with Crippen molar-refractivity contribution in [3.05, 3.63) is 87.7 Å². The number of halogens is 1. The molecule has 1 amide bonds. The molecule has 0 saturated heterocycles. The van der Waals surface area contributed by atoms with Crippen LogP contribution in [-0.2, 0) is 0 Å². The van der Waals surface area contributed by atoms with Crippen LogP contribution in [0.1, 0.15) is 16.1 Å². The molecule has 0 bridgehead atoms. The first-order chi connectivity index (χ1) is 14.5. The quantitative estimate of drug-likeness (QED) is 0.387. The molecular weight excluding hydrogens is 404 g/mol. The van der Waals surface area contributed by atoms with E-state index in [0.717, 1.165) is 11.3 Å². The first-order valence-corrected chi connectivity index (χ1v) is 9.41. The monoisotopic (exact) mass is 420 g/mol. The third-order valence-electron chi connectivity index (χ3n) is 4.42. The Morgan fingerprint density at radius 2 is 1.73 bits per heavy atom. The van der Waals surface area contributed by atoms with E-state index in [2.05, 4.69) is 30.6 Å². The van der Waals surface area contributed by atoms with Crippen molar-refractivity contribution in [1.29, 1.82) is 0 Å². The molecule has 4 N–H and O–H groups in total. The zero-order valence-corrected chi connectivity index (χ0v) is 16.6. The first kappa shape index (κ1) is 19.4. The Morgan fingerprint density at radius 3 is 2.40 bits per heavy atom. The molecule has 2 aromatic heterocycles. The zero-order valence-electron chi connectivity index (χ0n) is 15.9. The standard InChI is InChI=1S/C21H17ClN6O2/c1-12-18(27-21(28-19(12)29)26-16-8-4-14(22)5-9-16)13-2-6-15(7-3-13)25-20(30)17-10-23-11-24-17/h2-11H,1H3,(H,23,24)(H,25,30)(H2,26,27,28,29). The predicted molar refractivity (Wildman–Crippen MR) is 116 cm³/mol. The average molecular weight is 421 g/mol. The highest BCUT2D eigenvalue weighted by Crippen LogP contribution is 2.23. The van der Waals surface area contributed by atoms with Crippen molar-refractivity contribution in [1.82, 2.24) is 19.9 Å². The topological polar surface area (TPSA) is 116 Å². The number of nitrogens with zero attached hydrogens (tertiary/aromatic N) is 2. The van der Waals surface area contributed by atoms with Crippen molar-refractivity contribution in [2.24, 2.45) is 0 Å². The second kappa shape index (κ2) is 8.22. The normalized spacial score (nSPS) is 10.6. The van der Waals surface area contributed by atoms with Gasteiger partial charge >= 0.3 is 0 Å². The van der Waals surface area contributed by atoms with Crippen molar-refractivity contribution in [3.8, 4) is 11.3 Å². The zero-order chi connectivity index (χ0) is 21.1. The second-order valence-corrected chi connectivity index (χ2v) is 6.95. The van der Waals surface area contributed by atoms with E-state index in [0.29, 0.717) is 33.6 Å². The van der Waals surface area contributed by atoms with Gasteiger partial charge in [-0.15, -0.1) is 0 Å². The van der Waals surface area contributed by atoms with E-state index in [1.54, 1.807) is 55.5 Å². The highest BCUT2D eigenvalue weighted by molar-refractivity contribution is 6.30. The molecule has 150 valence electrons. The van der Waals surface area contributed by atoms with Crippen LogP contribution in [0.5, 0.6) is 0 Å².